The van der Waals surface area contributed by atoms with E-state index in [0.29, 0.717) is 0 Å². The molecule has 0 aliphatic carbocycles. The molecule has 0 nitrogen and oxygen atoms in total. The third-order valence-corrected chi connectivity index (χ3v) is 1.63. The van der Waals surface area contributed by atoms with Gasteiger partial charge in [0.25, 0.3) is 0 Å². The molecule has 0 unspecified atom stereocenters. The van der Waals surface area contributed by atoms with Gasteiger partial charge in [0, 0.05) is 0 Å². The summed E-state index contributed by atoms with van der Waals surface area (Å²) in [7, 11) is 0. The minimum atomic E-state index is 0.217. The molecule has 0 radical (unpaired) electrons. The van der Waals surface area contributed by atoms with Gasteiger partial charge in [0.1, 0.15) is 0 Å². The Morgan fingerprint density at radius 3 is 1.90 bits per heavy atom. The summed E-state index contributed by atoms with van der Waals surface area (Å²) in [5, 5.41) is 1.86. The maximum Gasteiger partial charge on any atom is -0.0127 e. The molecule has 0 saturated heterocycles. The number of hydrogen-bond acceptors (Lipinski definition) is 1. The fourth-order valence-electron chi connectivity index (χ4n) is 0.666. The first-order valence-electron chi connectivity index (χ1n) is 3.50. The molecular weight excluding hydrogens is 140 g/mol. The molecule has 0 aromatic rings. The predicted molar refractivity (Wildman–Crippen MR) is 51.3 cm³/mol. The van der Waals surface area contributed by atoms with Crippen molar-refractivity contribution >= 4 is 12.6 Å². The Hall–Kier alpha value is -0.170. The molecule has 0 spiro atoms. The molecule has 0 amide bonds. The summed E-state index contributed by atoms with van der Waals surface area (Å²) in [6.45, 7) is 8.54. The van der Waals surface area contributed by atoms with Gasteiger partial charge >= 0.3 is 0 Å². The summed E-state index contributed by atoms with van der Waals surface area (Å²) in [4.78, 5) is 0. The van der Waals surface area contributed by atoms with Crippen molar-refractivity contribution in [2.24, 2.45) is 5.41 Å². The van der Waals surface area contributed by atoms with Crippen LogP contribution in [0.3, 0.4) is 0 Å². The average molecular weight is 156 g/mol. The minimum Gasteiger partial charge on any atom is -0.151 e. The second-order valence-corrected chi connectivity index (χ2v) is 3.59. The fourth-order valence-corrected chi connectivity index (χ4v) is 1.14. The highest BCUT2D eigenvalue weighted by molar-refractivity contribution is 7.83. The SMILES string of the molecule is C/C=C\C(=C/S)C(C)(C)C. The Balaban J connectivity index is 4.39. The molecular formula is C9H16S. The summed E-state index contributed by atoms with van der Waals surface area (Å²) < 4.78 is 0. The van der Waals surface area contributed by atoms with Crippen LogP contribution in [-0.2, 0) is 0 Å². The molecule has 1 heteroatoms. The second-order valence-electron chi connectivity index (χ2n) is 3.33. The van der Waals surface area contributed by atoms with Crippen molar-refractivity contribution in [2.75, 3.05) is 0 Å². The van der Waals surface area contributed by atoms with E-state index in [9.17, 15) is 0 Å². The van der Waals surface area contributed by atoms with Crippen LogP contribution < -0.4 is 0 Å². The van der Waals surface area contributed by atoms with Crippen molar-refractivity contribution in [3.63, 3.8) is 0 Å². The molecule has 0 aliphatic rings. The van der Waals surface area contributed by atoms with Gasteiger partial charge in [-0.2, -0.15) is 12.6 Å². The molecule has 0 bridgehead atoms. The molecule has 0 N–H and O–H groups in total. The van der Waals surface area contributed by atoms with Gasteiger partial charge in [0.15, 0.2) is 0 Å². The van der Waals surface area contributed by atoms with Crippen molar-refractivity contribution in [3.05, 3.63) is 23.1 Å². The highest BCUT2D eigenvalue weighted by atomic mass is 32.1. The minimum absolute atomic E-state index is 0.217. The Morgan fingerprint density at radius 2 is 1.80 bits per heavy atom. The quantitative estimate of drug-likeness (QED) is 0.436. The Morgan fingerprint density at radius 1 is 1.30 bits per heavy atom. The van der Waals surface area contributed by atoms with Crippen LogP contribution in [0.25, 0.3) is 0 Å². The first-order valence-corrected chi connectivity index (χ1v) is 4.01. The van der Waals surface area contributed by atoms with Gasteiger partial charge in [-0.15, -0.1) is 0 Å². The van der Waals surface area contributed by atoms with Crippen LogP contribution >= 0.6 is 12.6 Å². The van der Waals surface area contributed by atoms with Gasteiger partial charge in [0.05, 0.1) is 0 Å². The molecule has 0 atom stereocenters. The van der Waals surface area contributed by atoms with Crippen molar-refractivity contribution in [3.8, 4) is 0 Å². The monoisotopic (exact) mass is 156 g/mol. The first-order chi connectivity index (χ1) is 4.52. The van der Waals surface area contributed by atoms with E-state index >= 15 is 0 Å². The zero-order valence-corrected chi connectivity index (χ0v) is 8.07. The molecule has 0 heterocycles. The number of hydrogen-bond donors (Lipinski definition) is 1. The first kappa shape index (κ1) is 9.83. The van der Waals surface area contributed by atoms with Gasteiger partial charge < -0.3 is 0 Å². The third kappa shape index (κ3) is 3.11. The fraction of sp³-hybridized carbons (Fsp3) is 0.556. The molecule has 10 heavy (non-hydrogen) atoms. The van der Waals surface area contributed by atoms with Crippen molar-refractivity contribution < 1.29 is 0 Å². The predicted octanol–water partition coefficient (Wildman–Crippen LogP) is 3.42. The zero-order valence-electron chi connectivity index (χ0n) is 7.18. The highest BCUT2D eigenvalue weighted by Crippen LogP contribution is 2.26. The Labute approximate surface area is 69.4 Å². The van der Waals surface area contributed by atoms with Crippen molar-refractivity contribution in [1.82, 2.24) is 0 Å². The van der Waals surface area contributed by atoms with Crippen LogP contribution in [-0.4, -0.2) is 0 Å². The lowest BCUT2D eigenvalue weighted by atomic mass is 9.87. The van der Waals surface area contributed by atoms with Crippen LogP contribution in [0.1, 0.15) is 27.7 Å². The third-order valence-electron chi connectivity index (χ3n) is 1.35. The molecule has 0 fully saturated rings. The van der Waals surface area contributed by atoms with E-state index < -0.39 is 0 Å². The van der Waals surface area contributed by atoms with Crippen LogP contribution in [0.4, 0.5) is 0 Å². The lowest BCUT2D eigenvalue weighted by molar-refractivity contribution is 0.518. The van der Waals surface area contributed by atoms with Crippen LogP contribution in [0.15, 0.2) is 23.1 Å². The van der Waals surface area contributed by atoms with E-state index in [1.807, 2.05) is 18.4 Å². The molecule has 0 aromatic heterocycles. The van der Waals surface area contributed by atoms with E-state index in [-0.39, 0.29) is 5.41 Å². The van der Waals surface area contributed by atoms with Crippen LogP contribution in [0.5, 0.6) is 0 Å². The molecule has 0 rings (SSSR count). The van der Waals surface area contributed by atoms with Gasteiger partial charge in [-0.3, -0.25) is 0 Å². The van der Waals surface area contributed by atoms with Gasteiger partial charge in [-0.25, -0.2) is 0 Å². The normalized spacial score (nSPS) is 14.7. The van der Waals surface area contributed by atoms with E-state index in [4.69, 9.17) is 0 Å². The average Bonchev–Trinajstić information content (AvgIpc) is 1.80. The Bertz CT molecular complexity index is 147. The maximum absolute atomic E-state index is 4.13. The van der Waals surface area contributed by atoms with Crippen LogP contribution in [0.2, 0.25) is 0 Å². The summed E-state index contributed by atoms with van der Waals surface area (Å²) in [6.07, 6.45) is 4.13. The summed E-state index contributed by atoms with van der Waals surface area (Å²) in [5.74, 6) is 0. The van der Waals surface area contributed by atoms with Crippen LogP contribution in [0, 0.1) is 5.41 Å². The van der Waals surface area contributed by atoms with E-state index in [1.165, 1.54) is 5.57 Å². The molecule has 0 aromatic carbocycles. The van der Waals surface area contributed by atoms with Gasteiger partial charge in [-0.05, 0) is 23.3 Å². The summed E-state index contributed by atoms with van der Waals surface area (Å²) in [6, 6.07) is 0. The largest absolute Gasteiger partial charge is 0.151 e. The number of allylic oxidation sites excluding steroid dienone is 3. The smallest absolute Gasteiger partial charge is 0.0127 e. The zero-order chi connectivity index (χ0) is 8.20. The molecule has 0 saturated carbocycles. The maximum atomic E-state index is 4.13. The van der Waals surface area contributed by atoms with Gasteiger partial charge in [-0.1, -0.05) is 32.9 Å². The number of thiol groups is 1. The Kier molecular flexibility index (Phi) is 3.80. The molecule has 0 aliphatic heterocycles. The lowest BCUT2D eigenvalue weighted by Crippen LogP contribution is -2.06. The topological polar surface area (TPSA) is 0 Å². The lowest BCUT2D eigenvalue weighted by Gasteiger charge is -2.19. The standard InChI is InChI=1S/C9H16S/c1-5-6-8(7-10)9(2,3)4/h5-7,10H,1-4H3/b6-5-,8-7+. The van der Waals surface area contributed by atoms with E-state index in [0.717, 1.165) is 0 Å². The molecule has 58 valence electrons. The van der Waals surface area contributed by atoms with Crippen molar-refractivity contribution in [1.29, 1.82) is 0 Å². The number of rotatable bonds is 1. The second kappa shape index (κ2) is 3.87. The summed E-state index contributed by atoms with van der Waals surface area (Å²) in [5.41, 5.74) is 1.48. The van der Waals surface area contributed by atoms with E-state index in [1.54, 1.807) is 0 Å². The van der Waals surface area contributed by atoms with E-state index in [2.05, 4.69) is 39.5 Å². The van der Waals surface area contributed by atoms with Gasteiger partial charge in [0.2, 0.25) is 0 Å². The van der Waals surface area contributed by atoms with Crippen molar-refractivity contribution in [2.45, 2.75) is 27.7 Å². The highest BCUT2D eigenvalue weighted by Gasteiger charge is 2.12. The summed E-state index contributed by atoms with van der Waals surface area (Å²) >= 11 is 4.13.